The highest BCUT2D eigenvalue weighted by molar-refractivity contribution is 7.85. The van der Waals surface area contributed by atoms with Gasteiger partial charge in [0.1, 0.15) is 0 Å². The summed E-state index contributed by atoms with van der Waals surface area (Å²) in [5.74, 6) is 0.881. The van der Waals surface area contributed by atoms with Crippen LogP contribution in [0.5, 0.6) is 0 Å². The first-order valence-corrected chi connectivity index (χ1v) is 14.9. The van der Waals surface area contributed by atoms with Crippen LogP contribution in [0.2, 0.25) is 5.02 Å². The fourth-order valence-electron chi connectivity index (χ4n) is 4.91. The fourth-order valence-corrected chi connectivity index (χ4v) is 7.05. The SMILES string of the molecule is C=C[C@H](Nc1ccc(Cl)cc1)c1ccc2ccccc2c1S(=O)c1c(C(C)C)cc(C(C)C)cc1C(C)C. The minimum Gasteiger partial charge on any atom is -0.375 e. The smallest absolute Gasteiger partial charge is 0.0865 e. The van der Waals surface area contributed by atoms with Crippen molar-refractivity contribution in [2.75, 3.05) is 5.32 Å². The minimum absolute atomic E-state index is 0.236. The molecule has 0 aliphatic rings. The van der Waals surface area contributed by atoms with E-state index in [1.54, 1.807) is 0 Å². The Morgan fingerprint density at radius 1 is 0.763 bits per heavy atom. The van der Waals surface area contributed by atoms with Crippen LogP contribution in [-0.2, 0) is 10.8 Å². The normalized spacial score (nSPS) is 13.3. The third-order valence-electron chi connectivity index (χ3n) is 7.10. The van der Waals surface area contributed by atoms with E-state index in [-0.39, 0.29) is 17.9 Å². The van der Waals surface area contributed by atoms with Crippen LogP contribution in [0.15, 0.2) is 95.2 Å². The van der Waals surface area contributed by atoms with Crippen LogP contribution in [0.1, 0.15) is 87.6 Å². The molecule has 0 aromatic heterocycles. The molecule has 0 saturated heterocycles. The van der Waals surface area contributed by atoms with Crippen LogP contribution in [0.25, 0.3) is 10.8 Å². The van der Waals surface area contributed by atoms with Crippen molar-refractivity contribution in [3.8, 4) is 0 Å². The van der Waals surface area contributed by atoms with E-state index in [0.717, 1.165) is 42.9 Å². The van der Waals surface area contributed by atoms with E-state index in [4.69, 9.17) is 11.6 Å². The molecule has 1 unspecified atom stereocenters. The van der Waals surface area contributed by atoms with Gasteiger partial charge in [-0.05, 0) is 75.0 Å². The third kappa shape index (κ3) is 5.75. The number of rotatable bonds is 9. The van der Waals surface area contributed by atoms with Crippen LogP contribution in [0, 0.1) is 0 Å². The lowest BCUT2D eigenvalue weighted by molar-refractivity contribution is 0.675. The summed E-state index contributed by atoms with van der Waals surface area (Å²) >= 11 is 6.12. The van der Waals surface area contributed by atoms with E-state index in [1.807, 2.05) is 42.5 Å². The molecule has 0 amide bonds. The monoisotopic (exact) mass is 543 g/mol. The van der Waals surface area contributed by atoms with Crippen LogP contribution < -0.4 is 5.32 Å². The van der Waals surface area contributed by atoms with E-state index in [1.165, 1.54) is 5.56 Å². The number of hydrogen-bond acceptors (Lipinski definition) is 2. The van der Waals surface area contributed by atoms with Crippen LogP contribution in [-0.4, -0.2) is 4.21 Å². The molecular weight excluding hydrogens is 506 g/mol. The van der Waals surface area contributed by atoms with Gasteiger partial charge in [-0.25, -0.2) is 4.21 Å². The lowest BCUT2D eigenvalue weighted by atomic mass is 9.89. The molecule has 1 N–H and O–H groups in total. The molecule has 4 aromatic carbocycles. The van der Waals surface area contributed by atoms with Gasteiger partial charge < -0.3 is 5.32 Å². The first kappa shape index (κ1) is 28.1. The molecule has 4 rings (SSSR count). The number of benzene rings is 4. The Hall–Kier alpha value is -2.88. The summed E-state index contributed by atoms with van der Waals surface area (Å²) in [6.07, 6.45) is 1.88. The Balaban J connectivity index is 1.98. The first-order chi connectivity index (χ1) is 18.1. The summed E-state index contributed by atoms with van der Waals surface area (Å²) in [5.41, 5.74) is 5.51. The van der Waals surface area contributed by atoms with Crippen molar-refractivity contribution < 1.29 is 4.21 Å². The quantitative estimate of drug-likeness (QED) is 0.213. The molecule has 0 aliphatic heterocycles. The number of nitrogens with one attached hydrogen (secondary N) is 1. The van der Waals surface area contributed by atoms with Gasteiger partial charge >= 0.3 is 0 Å². The molecule has 0 heterocycles. The van der Waals surface area contributed by atoms with Gasteiger partial charge in [0.2, 0.25) is 0 Å². The van der Waals surface area contributed by atoms with Crippen molar-refractivity contribution in [3.05, 3.63) is 113 Å². The van der Waals surface area contributed by atoms with Gasteiger partial charge in [0, 0.05) is 10.7 Å². The summed E-state index contributed by atoms with van der Waals surface area (Å²) < 4.78 is 15.0. The van der Waals surface area contributed by atoms with E-state index in [0.29, 0.717) is 10.9 Å². The number of fused-ring (bicyclic) bond motifs is 1. The minimum atomic E-state index is -1.41. The van der Waals surface area contributed by atoms with Crippen molar-refractivity contribution in [1.29, 1.82) is 0 Å². The summed E-state index contributed by atoms with van der Waals surface area (Å²) in [6, 6.07) is 24.4. The largest absolute Gasteiger partial charge is 0.375 e. The van der Waals surface area contributed by atoms with E-state index in [2.05, 4.69) is 89.8 Å². The van der Waals surface area contributed by atoms with Gasteiger partial charge in [0.25, 0.3) is 0 Å². The van der Waals surface area contributed by atoms with E-state index in [9.17, 15) is 4.21 Å². The maximum absolute atomic E-state index is 15.0. The van der Waals surface area contributed by atoms with Crippen LogP contribution >= 0.6 is 11.6 Å². The van der Waals surface area contributed by atoms with Gasteiger partial charge in [-0.1, -0.05) is 108 Å². The Kier molecular flexibility index (Phi) is 8.80. The summed E-state index contributed by atoms with van der Waals surface area (Å²) in [5, 5.41) is 6.34. The average molecular weight is 544 g/mol. The van der Waals surface area contributed by atoms with Gasteiger partial charge in [0.15, 0.2) is 0 Å². The highest BCUT2D eigenvalue weighted by Crippen LogP contribution is 2.40. The van der Waals surface area contributed by atoms with Gasteiger partial charge in [-0.2, -0.15) is 0 Å². The Morgan fingerprint density at radius 3 is 1.92 bits per heavy atom. The van der Waals surface area contributed by atoms with E-state index >= 15 is 0 Å². The number of anilines is 1. The van der Waals surface area contributed by atoms with Gasteiger partial charge in [0.05, 0.1) is 26.6 Å². The Bertz CT molecular complexity index is 1440. The van der Waals surface area contributed by atoms with E-state index < -0.39 is 10.8 Å². The second-order valence-electron chi connectivity index (χ2n) is 10.8. The van der Waals surface area contributed by atoms with Crippen molar-refractivity contribution in [2.24, 2.45) is 0 Å². The summed E-state index contributed by atoms with van der Waals surface area (Å²) in [4.78, 5) is 1.79. The van der Waals surface area contributed by atoms with Crippen LogP contribution in [0.3, 0.4) is 0 Å². The molecular formula is C34H38ClNOS. The maximum atomic E-state index is 15.0. The molecule has 2 atom stereocenters. The third-order valence-corrected chi connectivity index (χ3v) is 9.02. The van der Waals surface area contributed by atoms with Crippen molar-refractivity contribution in [1.82, 2.24) is 0 Å². The molecule has 0 saturated carbocycles. The predicted molar refractivity (Wildman–Crippen MR) is 165 cm³/mol. The molecule has 0 fully saturated rings. The maximum Gasteiger partial charge on any atom is 0.0865 e. The first-order valence-electron chi connectivity index (χ1n) is 13.4. The molecule has 0 aliphatic carbocycles. The zero-order valence-corrected chi connectivity index (χ0v) is 24.8. The molecule has 0 bridgehead atoms. The zero-order chi connectivity index (χ0) is 27.6. The molecule has 0 spiro atoms. The number of halogens is 1. The molecule has 4 heteroatoms. The molecule has 2 nitrogen and oxygen atoms in total. The van der Waals surface area contributed by atoms with Crippen molar-refractivity contribution in [2.45, 2.75) is 75.1 Å². The van der Waals surface area contributed by atoms with Crippen LogP contribution in [0.4, 0.5) is 5.69 Å². The second kappa shape index (κ2) is 11.9. The molecule has 198 valence electrons. The molecule has 0 radical (unpaired) electrons. The molecule has 38 heavy (non-hydrogen) atoms. The van der Waals surface area contributed by atoms with Gasteiger partial charge in [-0.15, -0.1) is 6.58 Å². The zero-order valence-electron chi connectivity index (χ0n) is 23.2. The highest BCUT2D eigenvalue weighted by atomic mass is 35.5. The predicted octanol–water partition coefficient (Wildman–Crippen LogP) is 10.4. The summed E-state index contributed by atoms with van der Waals surface area (Å²) in [7, 11) is -1.41. The Morgan fingerprint density at radius 2 is 1.37 bits per heavy atom. The number of hydrogen-bond donors (Lipinski definition) is 1. The molecule has 4 aromatic rings. The summed E-state index contributed by atoms with van der Waals surface area (Å²) in [6.45, 7) is 17.4. The van der Waals surface area contributed by atoms with Crippen molar-refractivity contribution >= 4 is 38.9 Å². The highest BCUT2D eigenvalue weighted by Gasteiger charge is 2.27. The van der Waals surface area contributed by atoms with Gasteiger partial charge in [-0.3, -0.25) is 0 Å². The topological polar surface area (TPSA) is 29.1 Å². The average Bonchev–Trinajstić information content (AvgIpc) is 2.90. The lowest BCUT2D eigenvalue weighted by Crippen LogP contribution is -2.14. The van der Waals surface area contributed by atoms with Crippen molar-refractivity contribution in [3.63, 3.8) is 0 Å². The standard InChI is InChI=1S/C34H38ClNOS/c1-8-32(36-27-16-14-26(35)15-17-27)29-18-13-24-11-9-10-12-28(24)33(29)38(37)34-30(22(4)5)19-25(21(2)3)20-31(34)23(6)7/h8-23,32,36H,1H2,2-7H3/t32-,38?/m0/s1. The lowest BCUT2D eigenvalue weighted by Gasteiger charge is -2.25. The Labute approximate surface area is 235 Å². The second-order valence-corrected chi connectivity index (χ2v) is 12.6. The fraction of sp³-hybridized carbons (Fsp3) is 0.294.